The Balaban J connectivity index is 1.62. The molecule has 0 aliphatic rings. The van der Waals surface area contributed by atoms with Gasteiger partial charge in [0.05, 0.1) is 35.5 Å². The number of anilines is 3. The maximum absolute atomic E-state index is 14.9. The first kappa shape index (κ1) is 24.1. The molecular weight excluding hydrogens is 465 g/mol. The second-order valence-corrected chi connectivity index (χ2v) is 7.82. The van der Waals surface area contributed by atoms with Gasteiger partial charge in [-0.15, -0.1) is 4.80 Å². The number of benzene rings is 1. The lowest BCUT2D eigenvalue weighted by Gasteiger charge is -2.21. The quantitative estimate of drug-likeness (QED) is 0.278. The Morgan fingerprint density at radius 2 is 1.94 bits per heavy atom. The first-order chi connectivity index (χ1) is 17.4. The smallest absolute Gasteiger partial charge is 0.404 e. The molecule has 1 unspecified atom stereocenters. The zero-order valence-electron chi connectivity index (χ0n) is 19.2. The third-order valence-electron chi connectivity index (χ3n) is 5.22. The first-order valence-corrected chi connectivity index (χ1v) is 10.9. The van der Waals surface area contributed by atoms with Gasteiger partial charge in [0.15, 0.2) is 17.5 Å². The second-order valence-electron chi connectivity index (χ2n) is 7.82. The van der Waals surface area contributed by atoms with Crippen LogP contribution in [-0.2, 0) is 6.42 Å². The fourth-order valence-corrected chi connectivity index (χ4v) is 3.52. The lowest BCUT2D eigenvalue weighted by atomic mass is 10.1. The number of hydrogen-bond acceptors (Lipinski definition) is 8. The molecule has 0 aliphatic heterocycles. The number of aryl methyl sites for hydroxylation is 1. The number of carboxylic acid groups (broad SMARTS) is 1. The van der Waals surface area contributed by atoms with Crippen LogP contribution in [0.4, 0.5) is 26.5 Å². The van der Waals surface area contributed by atoms with Gasteiger partial charge >= 0.3 is 6.09 Å². The summed E-state index contributed by atoms with van der Waals surface area (Å²) in [4.78, 5) is 21.1. The van der Waals surface area contributed by atoms with E-state index in [-0.39, 0.29) is 23.7 Å². The maximum Gasteiger partial charge on any atom is 0.404 e. The lowest BCUT2D eigenvalue weighted by Crippen LogP contribution is -2.37. The molecule has 12 heteroatoms. The van der Waals surface area contributed by atoms with Crippen LogP contribution in [0.3, 0.4) is 0 Å². The van der Waals surface area contributed by atoms with Crippen LogP contribution in [0.5, 0.6) is 0 Å². The van der Waals surface area contributed by atoms with E-state index >= 15 is 0 Å². The Labute approximate surface area is 205 Å². The van der Waals surface area contributed by atoms with Crippen LogP contribution in [0.2, 0.25) is 0 Å². The highest BCUT2D eigenvalue weighted by Gasteiger charge is 2.18. The van der Waals surface area contributed by atoms with Gasteiger partial charge < -0.3 is 21.1 Å². The summed E-state index contributed by atoms with van der Waals surface area (Å²) < 4.78 is 14.9. The number of carbonyl (C=O) groups is 1. The van der Waals surface area contributed by atoms with Crippen molar-refractivity contribution in [1.29, 1.82) is 5.26 Å². The van der Waals surface area contributed by atoms with Crippen molar-refractivity contribution in [3.05, 3.63) is 83.7 Å². The van der Waals surface area contributed by atoms with Gasteiger partial charge in [-0.05, 0) is 31.0 Å². The number of halogens is 1. The second kappa shape index (κ2) is 10.9. The zero-order valence-corrected chi connectivity index (χ0v) is 19.2. The van der Waals surface area contributed by atoms with Crippen molar-refractivity contribution >= 4 is 23.4 Å². The Hall–Kier alpha value is -5.05. The van der Waals surface area contributed by atoms with E-state index in [4.69, 9.17) is 5.11 Å². The summed E-state index contributed by atoms with van der Waals surface area (Å²) in [7, 11) is 0. The highest BCUT2D eigenvalue weighted by atomic mass is 19.1. The van der Waals surface area contributed by atoms with E-state index in [0.717, 1.165) is 11.6 Å². The van der Waals surface area contributed by atoms with Gasteiger partial charge in [-0.25, -0.2) is 14.2 Å². The highest BCUT2D eigenvalue weighted by Crippen LogP contribution is 2.25. The third kappa shape index (κ3) is 5.89. The standard InChI is InChI=1S/C24H22FN9O2/c1-15-21(34-29-7-8-30-34)11-19(13-27-15)31-22-17(12-26)10-20(25)23(33-22)32-18(14-28-24(35)36)9-16-5-3-2-4-6-16/h2-8,10-11,13,18,28H,9,14H2,1H3,(H,35,36)(H2,31,32,33). The van der Waals surface area contributed by atoms with E-state index in [1.54, 1.807) is 19.2 Å². The molecule has 0 fully saturated rings. The van der Waals surface area contributed by atoms with Crippen LogP contribution in [0.15, 0.2) is 61.1 Å². The van der Waals surface area contributed by atoms with Gasteiger partial charge in [0, 0.05) is 12.6 Å². The highest BCUT2D eigenvalue weighted by molar-refractivity contribution is 5.67. The van der Waals surface area contributed by atoms with Crippen molar-refractivity contribution < 1.29 is 14.3 Å². The number of nitrogens with zero attached hydrogens (tertiary/aromatic N) is 6. The van der Waals surface area contributed by atoms with Crippen molar-refractivity contribution in [2.24, 2.45) is 0 Å². The number of pyridine rings is 2. The number of amides is 1. The number of rotatable bonds is 9. The zero-order chi connectivity index (χ0) is 25.5. The molecule has 36 heavy (non-hydrogen) atoms. The number of hydrogen-bond donors (Lipinski definition) is 4. The minimum atomic E-state index is -1.19. The minimum absolute atomic E-state index is 0.0101. The Kier molecular flexibility index (Phi) is 7.30. The summed E-state index contributed by atoms with van der Waals surface area (Å²) in [6.45, 7) is 1.82. The van der Waals surface area contributed by atoms with Crippen LogP contribution in [0.25, 0.3) is 5.69 Å². The predicted molar refractivity (Wildman–Crippen MR) is 130 cm³/mol. The minimum Gasteiger partial charge on any atom is -0.465 e. The maximum atomic E-state index is 14.9. The molecule has 1 amide bonds. The molecular formula is C24H22FN9O2. The number of aromatic nitrogens is 5. The molecule has 3 heterocycles. The van der Waals surface area contributed by atoms with Crippen LogP contribution in [-0.4, -0.2) is 48.7 Å². The summed E-state index contributed by atoms with van der Waals surface area (Å²) in [5, 5.41) is 35.1. The summed E-state index contributed by atoms with van der Waals surface area (Å²) in [5.74, 6) is -0.760. The molecule has 0 spiro atoms. The van der Waals surface area contributed by atoms with Crippen molar-refractivity contribution in [2.45, 2.75) is 19.4 Å². The average molecular weight is 487 g/mol. The van der Waals surface area contributed by atoms with E-state index in [2.05, 4.69) is 36.1 Å². The van der Waals surface area contributed by atoms with Gasteiger partial charge in [-0.1, -0.05) is 30.3 Å². The van der Waals surface area contributed by atoms with Crippen LogP contribution >= 0.6 is 0 Å². The molecule has 11 nitrogen and oxygen atoms in total. The van der Waals surface area contributed by atoms with Gasteiger partial charge in [0.25, 0.3) is 0 Å². The van der Waals surface area contributed by atoms with Crippen LogP contribution in [0.1, 0.15) is 16.8 Å². The van der Waals surface area contributed by atoms with Crippen molar-refractivity contribution in [3.63, 3.8) is 0 Å². The number of nitrogens with one attached hydrogen (secondary N) is 3. The Bertz CT molecular complexity index is 1390. The molecule has 0 bridgehead atoms. The molecule has 0 radical (unpaired) electrons. The topological polar surface area (TPSA) is 154 Å². The van der Waals surface area contributed by atoms with Crippen molar-refractivity contribution in [2.75, 3.05) is 17.2 Å². The van der Waals surface area contributed by atoms with Gasteiger partial charge in [-0.2, -0.15) is 15.5 Å². The van der Waals surface area contributed by atoms with E-state index < -0.39 is 18.0 Å². The largest absolute Gasteiger partial charge is 0.465 e. The molecule has 1 atom stereocenters. The average Bonchev–Trinajstić information content (AvgIpc) is 3.41. The molecule has 4 N–H and O–H groups in total. The molecule has 0 aliphatic carbocycles. The van der Waals surface area contributed by atoms with Gasteiger partial charge in [0.1, 0.15) is 11.8 Å². The van der Waals surface area contributed by atoms with Gasteiger partial charge in [-0.3, -0.25) is 4.98 Å². The normalized spacial score (nSPS) is 11.4. The fourth-order valence-electron chi connectivity index (χ4n) is 3.52. The monoisotopic (exact) mass is 487 g/mol. The molecule has 4 aromatic rings. The van der Waals surface area contributed by atoms with Crippen LogP contribution in [0, 0.1) is 24.1 Å². The molecule has 1 aromatic carbocycles. The fraction of sp³-hybridized carbons (Fsp3) is 0.167. The molecule has 4 rings (SSSR count). The first-order valence-electron chi connectivity index (χ1n) is 10.9. The van der Waals surface area contributed by atoms with E-state index in [1.807, 2.05) is 36.4 Å². The molecule has 0 saturated heterocycles. The van der Waals surface area contributed by atoms with E-state index in [0.29, 0.717) is 23.5 Å². The summed E-state index contributed by atoms with van der Waals surface area (Å²) in [5.41, 5.74) is 2.71. The Morgan fingerprint density at radius 1 is 1.19 bits per heavy atom. The molecule has 182 valence electrons. The summed E-state index contributed by atoms with van der Waals surface area (Å²) in [6.07, 6.45) is 3.85. The Morgan fingerprint density at radius 3 is 2.64 bits per heavy atom. The van der Waals surface area contributed by atoms with E-state index in [9.17, 15) is 14.4 Å². The lowest BCUT2D eigenvalue weighted by molar-refractivity contribution is 0.194. The molecule has 3 aromatic heterocycles. The summed E-state index contributed by atoms with van der Waals surface area (Å²) in [6, 6.07) is 13.6. The van der Waals surface area contributed by atoms with Crippen LogP contribution < -0.4 is 16.0 Å². The van der Waals surface area contributed by atoms with Crippen molar-refractivity contribution in [1.82, 2.24) is 30.3 Å². The SMILES string of the molecule is Cc1ncc(Nc2nc(NC(CNC(=O)O)Cc3ccccc3)c(F)cc2C#N)cc1-n1nccn1. The predicted octanol–water partition coefficient (Wildman–Crippen LogP) is 3.41. The van der Waals surface area contributed by atoms with Gasteiger partial charge in [0.2, 0.25) is 0 Å². The molecule has 0 saturated carbocycles. The van der Waals surface area contributed by atoms with Crippen molar-refractivity contribution in [3.8, 4) is 11.8 Å². The summed E-state index contributed by atoms with van der Waals surface area (Å²) >= 11 is 0. The number of nitriles is 1. The van der Waals surface area contributed by atoms with E-state index in [1.165, 1.54) is 17.2 Å². The third-order valence-corrected chi connectivity index (χ3v) is 5.22.